The van der Waals surface area contributed by atoms with Crippen molar-refractivity contribution >= 4 is 55.7 Å². The van der Waals surface area contributed by atoms with Crippen LogP contribution in [0.15, 0.2) is 0 Å². The second kappa shape index (κ2) is 13.2. The fourth-order valence-corrected chi connectivity index (χ4v) is 4.13. The van der Waals surface area contributed by atoms with Gasteiger partial charge in [0.25, 0.3) is 0 Å². The topological polar surface area (TPSA) is 124 Å². The molecular weight excluding hydrogens is 536 g/mol. The van der Waals surface area contributed by atoms with E-state index in [4.69, 9.17) is 28.4 Å². The number of halogens is 2. The van der Waals surface area contributed by atoms with E-state index in [9.17, 15) is 19.2 Å². The molecule has 1 saturated heterocycles. The lowest BCUT2D eigenvalue weighted by molar-refractivity contribution is -0.309. The smallest absolute Gasteiger partial charge is 0.303 e. The highest BCUT2D eigenvalue weighted by molar-refractivity contribution is 9.09. The maximum absolute atomic E-state index is 11.7. The van der Waals surface area contributed by atoms with Crippen molar-refractivity contribution in [3.05, 3.63) is 0 Å². The zero-order valence-electron chi connectivity index (χ0n) is 17.1. The predicted octanol–water partition coefficient (Wildman–Crippen LogP) is 1.49. The Hall–Kier alpha value is -1.24. The van der Waals surface area contributed by atoms with Crippen LogP contribution < -0.4 is 0 Å². The Morgan fingerprint density at radius 2 is 1.30 bits per heavy atom. The van der Waals surface area contributed by atoms with Gasteiger partial charge in [-0.15, -0.1) is 0 Å². The first kappa shape index (κ1) is 26.8. The summed E-state index contributed by atoms with van der Waals surface area (Å²) in [6.07, 6.45) is -5.83. The quantitative estimate of drug-likeness (QED) is 0.220. The molecule has 0 aliphatic carbocycles. The van der Waals surface area contributed by atoms with E-state index in [1.165, 1.54) is 13.8 Å². The Balaban J connectivity index is 3.25. The SMILES string of the molecule is CC(=O)OC[C@H]1O[C@@H](OCC(CBr)CBr)[C@H](OC(C)=O)[C@@H](OC(C)=O)[C@@H]1OC(C)=O. The Kier molecular flexibility index (Phi) is 11.8. The summed E-state index contributed by atoms with van der Waals surface area (Å²) < 4.78 is 32.6. The molecule has 10 nitrogen and oxygen atoms in total. The second-order valence-electron chi connectivity index (χ2n) is 6.58. The minimum Gasteiger partial charge on any atom is -0.463 e. The highest BCUT2D eigenvalue weighted by Gasteiger charge is 2.52. The maximum Gasteiger partial charge on any atom is 0.303 e. The highest BCUT2D eigenvalue weighted by Crippen LogP contribution is 2.30. The molecule has 0 spiro atoms. The Bertz CT molecular complexity index is 610. The van der Waals surface area contributed by atoms with E-state index >= 15 is 0 Å². The van der Waals surface area contributed by atoms with Crippen LogP contribution in [0, 0.1) is 5.92 Å². The van der Waals surface area contributed by atoms with Gasteiger partial charge in [-0.2, -0.15) is 0 Å². The number of rotatable bonds is 10. The molecule has 0 bridgehead atoms. The molecule has 0 aromatic heterocycles. The Labute approximate surface area is 191 Å². The molecule has 0 aromatic carbocycles. The largest absolute Gasteiger partial charge is 0.463 e. The van der Waals surface area contributed by atoms with E-state index in [2.05, 4.69) is 31.9 Å². The van der Waals surface area contributed by atoms with E-state index in [-0.39, 0.29) is 19.1 Å². The number of esters is 4. The van der Waals surface area contributed by atoms with Gasteiger partial charge in [0, 0.05) is 44.3 Å². The first-order valence-electron chi connectivity index (χ1n) is 9.13. The highest BCUT2D eigenvalue weighted by atomic mass is 79.9. The fourth-order valence-electron chi connectivity index (χ4n) is 2.68. The van der Waals surface area contributed by atoms with Gasteiger partial charge in [-0.25, -0.2) is 0 Å². The van der Waals surface area contributed by atoms with Gasteiger partial charge in [-0.3, -0.25) is 19.2 Å². The summed E-state index contributed by atoms with van der Waals surface area (Å²) >= 11 is 6.74. The minimum atomic E-state index is -1.24. The molecule has 0 amide bonds. The standard InChI is InChI=1S/C18H26Br2O10/c1-9(21)25-8-14-15(27-10(2)22)16(28-11(3)23)17(29-12(4)24)18(30-14)26-7-13(5-19)6-20/h13-18H,5-8H2,1-4H3/t14-,15-,16+,17-,18-/m1/s1. The molecule has 1 heterocycles. The molecule has 12 heteroatoms. The summed E-state index contributed by atoms with van der Waals surface area (Å²) in [6.45, 7) is 4.62. The Morgan fingerprint density at radius 1 is 0.800 bits per heavy atom. The lowest BCUT2D eigenvalue weighted by Crippen LogP contribution is -2.63. The average Bonchev–Trinajstić information content (AvgIpc) is 2.64. The summed E-state index contributed by atoms with van der Waals surface area (Å²) in [6, 6.07) is 0. The molecule has 30 heavy (non-hydrogen) atoms. The molecule has 172 valence electrons. The molecule has 0 unspecified atom stereocenters. The van der Waals surface area contributed by atoms with Crippen molar-refractivity contribution < 1.29 is 47.6 Å². The van der Waals surface area contributed by atoms with Crippen molar-refractivity contribution in [2.45, 2.75) is 58.4 Å². The third-order valence-electron chi connectivity index (χ3n) is 3.88. The molecule has 0 N–H and O–H groups in total. The van der Waals surface area contributed by atoms with E-state index in [1.54, 1.807) is 0 Å². The van der Waals surface area contributed by atoms with Crippen LogP contribution in [0.1, 0.15) is 27.7 Å². The fraction of sp³-hybridized carbons (Fsp3) is 0.778. The van der Waals surface area contributed by atoms with Gasteiger partial charge in [-0.05, 0) is 0 Å². The first-order valence-corrected chi connectivity index (χ1v) is 11.4. The maximum atomic E-state index is 11.7. The number of carbonyl (C=O) groups excluding carboxylic acids is 4. The molecule has 1 rings (SSSR count). The average molecular weight is 562 g/mol. The van der Waals surface area contributed by atoms with Gasteiger partial charge < -0.3 is 28.4 Å². The second-order valence-corrected chi connectivity index (χ2v) is 7.87. The summed E-state index contributed by atoms with van der Waals surface area (Å²) in [5, 5.41) is 1.26. The van der Waals surface area contributed by atoms with Gasteiger partial charge in [-0.1, -0.05) is 31.9 Å². The summed E-state index contributed by atoms with van der Waals surface area (Å²) in [5.41, 5.74) is 0. The molecule has 1 fully saturated rings. The molecule has 0 radical (unpaired) electrons. The number of hydrogen-bond acceptors (Lipinski definition) is 10. The van der Waals surface area contributed by atoms with Crippen LogP contribution in [0.5, 0.6) is 0 Å². The van der Waals surface area contributed by atoms with Crippen molar-refractivity contribution in [1.82, 2.24) is 0 Å². The van der Waals surface area contributed by atoms with Gasteiger partial charge >= 0.3 is 23.9 Å². The number of hydrogen-bond donors (Lipinski definition) is 0. The van der Waals surface area contributed by atoms with E-state index in [0.717, 1.165) is 13.8 Å². The van der Waals surface area contributed by atoms with Crippen LogP contribution in [0.4, 0.5) is 0 Å². The summed E-state index contributed by atoms with van der Waals surface area (Å²) in [4.78, 5) is 46.4. The predicted molar refractivity (Wildman–Crippen MR) is 109 cm³/mol. The van der Waals surface area contributed by atoms with Crippen molar-refractivity contribution in [1.29, 1.82) is 0 Å². The van der Waals surface area contributed by atoms with E-state index in [1.807, 2.05) is 0 Å². The lowest BCUT2D eigenvalue weighted by atomic mass is 9.98. The third kappa shape index (κ3) is 8.86. The zero-order chi connectivity index (χ0) is 22.8. The van der Waals surface area contributed by atoms with Crippen LogP contribution in [-0.2, 0) is 47.6 Å². The van der Waals surface area contributed by atoms with Crippen LogP contribution >= 0.6 is 31.9 Å². The van der Waals surface area contributed by atoms with Crippen molar-refractivity contribution in [2.24, 2.45) is 5.92 Å². The molecule has 1 aliphatic heterocycles. The number of alkyl halides is 2. The van der Waals surface area contributed by atoms with E-state index < -0.39 is 54.6 Å². The number of ether oxygens (including phenoxy) is 6. The molecule has 0 aromatic rings. The molecular formula is C18H26Br2O10. The van der Waals surface area contributed by atoms with Crippen molar-refractivity contribution in [2.75, 3.05) is 23.9 Å². The molecule has 0 saturated carbocycles. The summed E-state index contributed by atoms with van der Waals surface area (Å²) in [7, 11) is 0. The summed E-state index contributed by atoms with van der Waals surface area (Å²) in [5.74, 6) is -2.57. The molecule has 1 aliphatic rings. The Morgan fingerprint density at radius 3 is 1.77 bits per heavy atom. The number of carbonyl (C=O) groups is 4. The van der Waals surface area contributed by atoms with Crippen LogP contribution in [0.3, 0.4) is 0 Å². The van der Waals surface area contributed by atoms with E-state index in [0.29, 0.717) is 10.7 Å². The van der Waals surface area contributed by atoms with Crippen LogP contribution in [0.2, 0.25) is 0 Å². The third-order valence-corrected chi connectivity index (χ3v) is 5.71. The van der Waals surface area contributed by atoms with Crippen molar-refractivity contribution in [3.63, 3.8) is 0 Å². The minimum absolute atomic E-state index is 0.0665. The lowest BCUT2D eigenvalue weighted by Gasteiger charge is -2.44. The van der Waals surface area contributed by atoms with Gasteiger partial charge in [0.2, 0.25) is 0 Å². The van der Waals surface area contributed by atoms with Gasteiger partial charge in [0.1, 0.15) is 12.7 Å². The normalized spacial score (nSPS) is 26.0. The van der Waals surface area contributed by atoms with Crippen LogP contribution in [0.25, 0.3) is 0 Å². The van der Waals surface area contributed by atoms with Crippen molar-refractivity contribution in [3.8, 4) is 0 Å². The zero-order valence-corrected chi connectivity index (χ0v) is 20.3. The monoisotopic (exact) mass is 560 g/mol. The van der Waals surface area contributed by atoms with Gasteiger partial charge in [0.15, 0.2) is 24.6 Å². The van der Waals surface area contributed by atoms with Gasteiger partial charge in [0.05, 0.1) is 6.61 Å². The molecule has 5 atom stereocenters. The van der Waals surface area contributed by atoms with Crippen LogP contribution in [-0.4, -0.2) is 78.5 Å². The first-order chi connectivity index (χ1) is 14.1.